The maximum Gasteiger partial charge on any atom is 0.143 e. The number of rotatable bonds is 6. The molecule has 1 aromatic heterocycles. The average Bonchev–Trinajstić information content (AvgIpc) is 2.86. The third-order valence-electron chi connectivity index (χ3n) is 4.45. The van der Waals surface area contributed by atoms with Crippen molar-refractivity contribution in [3.8, 4) is 5.75 Å². The summed E-state index contributed by atoms with van der Waals surface area (Å²) in [6, 6.07) is 14.9. The molecule has 0 saturated heterocycles. The number of aryl methyl sites for hydroxylation is 1. The number of hydrogen-bond donors (Lipinski definition) is 0. The smallest absolute Gasteiger partial charge is 0.143 e. The monoisotopic (exact) mass is 296 g/mol. The number of fused-ring (bicyclic) bond motifs is 3. The van der Waals surface area contributed by atoms with Gasteiger partial charge in [-0.05, 0) is 25.2 Å². The molecule has 3 heteroatoms. The number of benzene rings is 2. The molecule has 0 bridgehead atoms. The predicted octanol–water partition coefficient (Wildman–Crippen LogP) is 4.05. The summed E-state index contributed by atoms with van der Waals surface area (Å²) in [6.45, 7) is 8.20. The van der Waals surface area contributed by atoms with E-state index in [1.807, 2.05) is 0 Å². The van der Waals surface area contributed by atoms with Crippen LogP contribution in [0.3, 0.4) is 0 Å². The standard InChI is InChI=1S/C19H24N2O/c1-4-21(5-2)13-14-22-18-12-8-10-16-15-9-6-7-11-17(15)20(3)19(16)18/h6-12H,4-5,13-14H2,1-3H3. The molecule has 22 heavy (non-hydrogen) atoms. The second kappa shape index (κ2) is 6.41. The van der Waals surface area contributed by atoms with Crippen molar-refractivity contribution in [2.45, 2.75) is 13.8 Å². The van der Waals surface area contributed by atoms with Crippen LogP contribution in [0.2, 0.25) is 0 Å². The van der Waals surface area contributed by atoms with Gasteiger partial charge in [-0.25, -0.2) is 0 Å². The Labute approximate surface area is 132 Å². The van der Waals surface area contributed by atoms with Gasteiger partial charge in [0.1, 0.15) is 12.4 Å². The quantitative estimate of drug-likeness (QED) is 0.682. The molecule has 0 unspecified atom stereocenters. The highest BCUT2D eigenvalue weighted by Crippen LogP contribution is 2.33. The number of ether oxygens (including phenoxy) is 1. The Balaban J connectivity index is 1.93. The molecule has 3 nitrogen and oxygen atoms in total. The minimum atomic E-state index is 0.725. The number of hydrogen-bond acceptors (Lipinski definition) is 2. The normalized spacial score (nSPS) is 11.6. The summed E-state index contributed by atoms with van der Waals surface area (Å²) >= 11 is 0. The van der Waals surface area contributed by atoms with Crippen LogP contribution in [-0.4, -0.2) is 35.7 Å². The minimum Gasteiger partial charge on any atom is -0.490 e. The zero-order valence-corrected chi connectivity index (χ0v) is 13.7. The van der Waals surface area contributed by atoms with Crippen LogP contribution in [0, 0.1) is 0 Å². The van der Waals surface area contributed by atoms with Gasteiger partial charge in [0.15, 0.2) is 0 Å². The Morgan fingerprint density at radius 1 is 0.955 bits per heavy atom. The van der Waals surface area contributed by atoms with Crippen LogP contribution in [0.5, 0.6) is 5.75 Å². The van der Waals surface area contributed by atoms with Crippen molar-refractivity contribution in [3.05, 3.63) is 42.5 Å². The highest BCUT2D eigenvalue weighted by molar-refractivity contribution is 6.09. The molecule has 0 N–H and O–H groups in total. The molecule has 3 aromatic rings. The van der Waals surface area contributed by atoms with Gasteiger partial charge in [0.25, 0.3) is 0 Å². The van der Waals surface area contributed by atoms with Crippen molar-refractivity contribution in [2.24, 2.45) is 7.05 Å². The summed E-state index contributed by atoms with van der Waals surface area (Å²) in [7, 11) is 2.11. The van der Waals surface area contributed by atoms with Crippen molar-refractivity contribution in [3.63, 3.8) is 0 Å². The third-order valence-corrected chi connectivity index (χ3v) is 4.45. The molecule has 116 valence electrons. The Morgan fingerprint density at radius 2 is 1.68 bits per heavy atom. The zero-order valence-electron chi connectivity index (χ0n) is 13.7. The zero-order chi connectivity index (χ0) is 15.5. The van der Waals surface area contributed by atoms with Gasteiger partial charge >= 0.3 is 0 Å². The Morgan fingerprint density at radius 3 is 2.45 bits per heavy atom. The minimum absolute atomic E-state index is 0.725. The highest BCUT2D eigenvalue weighted by Gasteiger charge is 2.12. The molecule has 0 aliphatic carbocycles. The molecule has 0 fully saturated rings. The number of nitrogens with zero attached hydrogens (tertiary/aromatic N) is 2. The van der Waals surface area contributed by atoms with Crippen LogP contribution in [0.15, 0.2) is 42.5 Å². The van der Waals surface area contributed by atoms with Crippen LogP contribution in [0.4, 0.5) is 0 Å². The van der Waals surface area contributed by atoms with E-state index in [0.29, 0.717) is 0 Å². The van der Waals surface area contributed by atoms with Crippen molar-refractivity contribution in [2.75, 3.05) is 26.2 Å². The first-order valence-electron chi connectivity index (χ1n) is 8.07. The molecule has 0 amide bonds. The molecule has 0 spiro atoms. The van der Waals surface area contributed by atoms with E-state index >= 15 is 0 Å². The van der Waals surface area contributed by atoms with Gasteiger partial charge in [0.2, 0.25) is 0 Å². The van der Waals surface area contributed by atoms with E-state index in [9.17, 15) is 0 Å². The average molecular weight is 296 g/mol. The van der Waals surface area contributed by atoms with Crippen molar-refractivity contribution < 1.29 is 4.74 Å². The topological polar surface area (TPSA) is 17.4 Å². The van der Waals surface area contributed by atoms with Crippen LogP contribution in [-0.2, 0) is 7.05 Å². The van der Waals surface area contributed by atoms with Crippen LogP contribution < -0.4 is 4.74 Å². The first-order valence-corrected chi connectivity index (χ1v) is 8.07. The van der Waals surface area contributed by atoms with Crippen LogP contribution in [0.1, 0.15) is 13.8 Å². The molecular formula is C19H24N2O. The van der Waals surface area contributed by atoms with Gasteiger partial charge in [-0.2, -0.15) is 0 Å². The lowest BCUT2D eigenvalue weighted by Crippen LogP contribution is -2.27. The molecule has 0 radical (unpaired) electrons. The summed E-state index contributed by atoms with van der Waals surface area (Å²) in [6.07, 6.45) is 0. The second-order valence-electron chi connectivity index (χ2n) is 5.60. The lowest BCUT2D eigenvalue weighted by Gasteiger charge is -2.18. The number of para-hydroxylation sites is 2. The van der Waals surface area contributed by atoms with Gasteiger partial charge in [-0.1, -0.05) is 44.2 Å². The molecule has 1 heterocycles. The molecule has 0 atom stereocenters. The van der Waals surface area contributed by atoms with Gasteiger partial charge in [0.05, 0.1) is 5.52 Å². The lowest BCUT2D eigenvalue weighted by molar-refractivity contribution is 0.224. The van der Waals surface area contributed by atoms with E-state index in [4.69, 9.17) is 4.74 Å². The van der Waals surface area contributed by atoms with Gasteiger partial charge in [0, 0.05) is 29.9 Å². The van der Waals surface area contributed by atoms with Crippen molar-refractivity contribution in [1.82, 2.24) is 9.47 Å². The summed E-state index contributed by atoms with van der Waals surface area (Å²) in [5, 5.41) is 2.55. The van der Waals surface area contributed by atoms with Crippen molar-refractivity contribution in [1.29, 1.82) is 0 Å². The van der Waals surface area contributed by atoms with Crippen molar-refractivity contribution >= 4 is 21.8 Å². The fourth-order valence-electron chi connectivity index (χ4n) is 3.14. The Hall–Kier alpha value is -2.00. The summed E-state index contributed by atoms with van der Waals surface area (Å²) in [4.78, 5) is 2.38. The second-order valence-corrected chi connectivity index (χ2v) is 5.60. The van der Waals surface area contributed by atoms with Crippen LogP contribution >= 0.6 is 0 Å². The molecule has 0 aliphatic rings. The SMILES string of the molecule is CCN(CC)CCOc1cccc2c3ccccc3n(C)c12. The maximum absolute atomic E-state index is 6.10. The van der Waals surface area contributed by atoms with E-state index in [-0.39, 0.29) is 0 Å². The molecule has 3 rings (SSSR count). The first kappa shape index (κ1) is 14.9. The summed E-state index contributed by atoms with van der Waals surface area (Å²) in [5.41, 5.74) is 2.43. The van der Waals surface area contributed by atoms with Crippen LogP contribution in [0.25, 0.3) is 21.8 Å². The molecule has 0 saturated carbocycles. The maximum atomic E-state index is 6.10. The fourth-order valence-corrected chi connectivity index (χ4v) is 3.14. The largest absolute Gasteiger partial charge is 0.490 e. The third kappa shape index (κ3) is 2.57. The number of aromatic nitrogens is 1. The Bertz CT molecular complexity index is 772. The van der Waals surface area contributed by atoms with Gasteiger partial charge in [-0.3, -0.25) is 0 Å². The first-order chi connectivity index (χ1) is 10.8. The molecule has 2 aromatic carbocycles. The van der Waals surface area contributed by atoms with E-state index in [0.717, 1.165) is 32.0 Å². The van der Waals surface area contributed by atoms with E-state index in [1.54, 1.807) is 0 Å². The highest BCUT2D eigenvalue weighted by atomic mass is 16.5. The van der Waals surface area contributed by atoms with E-state index in [2.05, 4.69) is 72.8 Å². The van der Waals surface area contributed by atoms with E-state index < -0.39 is 0 Å². The predicted molar refractivity (Wildman–Crippen MR) is 93.7 cm³/mol. The van der Waals surface area contributed by atoms with Gasteiger partial charge < -0.3 is 14.2 Å². The Kier molecular flexibility index (Phi) is 4.34. The summed E-state index contributed by atoms with van der Waals surface area (Å²) in [5.74, 6) is 0.975. The van der Waals surface area contributed by atoms with E-state index in [1.165, 1.54) is 21.8 Å². The molecule has 0 aliphatic heterocycles. The number of likely N-dealkylation sites (N-methyl/N-ethyl adjacent to an activating group) is 1. The summed E-state index contributed by atoms with van der Waals surface area (Å²) < 4.78 is 8.33. The molecular weight excluding hydrogens is 272 g/mol. The van der Waals surface area contributed by atoms with Gasteiger partial charge in [-0.15, -0.1) is 0 Å². The lowest BCUT2D eigenvalue weighted by atomic mass is 10.1. The fraction of sp³-hybridized carbons (Fsp3) is 0.368.